The maximum atomic E-state index is 10.4. The van der Waals surface area contributed by atoms with Crippen molar-refractivity contribution in [3.63, 3.8) is 0 Å². The van der Waals surface area contributed by atoms with Gasteiger partial charge in [0, 0.05) is 24.3 Å². The standard InChI is InChI=1S/C5H8OS.C2H6/c6-5-1-3-7-4-2-5;1-2/h1-4H2;1-2H3. The van der Waals surface area contributed by atoms with Gasteiger partial charge in [-0.25, -0.2) is 0 Å². The Morgan fingerprint density at radius 3 is 1.89 bits per heavy atom. The number of hydrogen-bond donors (Lipinski definition) is 0. The molecule has 1 aliphatic heterocycles. The van der Waals surface area contributed by atoms with Gasteiger partial charge >= 0.3 is 0 Å². The fourth-order valence-electron chi connectivity index (χ4n) is 0.599. The molecule has 0 N–H and O–H groups in total. The largest absolute Gasteiger partial charge is 0.300 e. The summed E-state index contributed by atoms with van der Waals surface area (Å²) in [7, 11) is 0. The monoisotopic (exact) mass is 146 g/mol. The molecule has 0 unspecified atom stereocenters. The highest BCUT2D eigenvalue weighted by Crippen LogP contribution is 2.12. The van der Waals surface area contributed by atoms with E-state index in [1.54, 1.807) is 0 Å². The smallest absolute Gasteiger partial charge is 0.134 e. The lowest BCUT2D eigenvalue weighted by Crippen LogP contribution is -2.06. The molecule has 0 spiro atoms. The molecule has 2 heteroatoms. The number of ketones is 1. The van der Waals surface area contributed by atoms with E-state index in [1.807, 2.05) is 25.6 Å². The predicted octanol–water partition coefficient (Wildman–Crippen LogP) is 2.11. The van der Waals surface area contributed by atoms with Crippen LogP contribution in [0.2, 0.25) is 0 Å². The van der Waals surface area contributed by atoms with E-state index >= 15 is 0 Å². The van der Waals surface area contributed by atoms with E-state index in [-0.39, 0.29) is 0 Å². The number of rotatable bonds is 0. The zero-order valence-corrected chi connectivity index (χ0v) is 6.96. The van der Waals surface area contributed by atoms with E-state index in [9.17, 15) is 4.79 Å². The zero-order valence-electron chi connectivity index (χ0n) is 6.14. The van der Waals surface area contributed by atoms with Gasteiger partial charge in [0.2, 0.25) is 0 Å². The summed E-state index contributed by atoms with van der Waals surface area (Å²) in [6.45, 7) is 4.00. The molecule has 1 heterocycles. The van der Waals surface area contributed by atoms with Gasteiger partial charge < -0.3 is 0 Å². The lowest BCUT2D eigenvalue weighted by atomic mass is 10.2. The van der Waals surface area contributed by atoms with Gasteiger partial charge in [-0.3, -0.25) is 4.79 Å². The molecule has 1 aliphatic rings. The lowest BCUT2D eigenvalue weighted by Gasteiger charge is -2.05. The molecule has 0 atom stereocenters. The Kier molecular flexibility index (Phi) is 6.16. The number of carbonyl (C=O) groups excluding carboxylic acids is 1. The second kappa shape index (κ2) is 6.14. The van der Waals surface area contributed by atoms with Crippen molar-refractivity contribution in [2.45, 2.75) is 26.7 Å². The van der Waals surface area contributed by atoms with E-state index in [2.05, 4.69) is 0 Å². The Balaban J connectivity index is 0.000000291. The molecule has 0 amide bonds. The van der Waals surface area contributed by atoms with Crippen LogP contribution in [0.25, 0.3) is 0 Å². The van der Waals surface area contributed by atoms with Gasteiger partial charge in [0.1, 0.15) is 5.78 Å². The highest BCUT2D eigenvalue weighted by Gasteiger charge is 2.06. The fraction of sp³-hybridized carbons (Fsp3) is 0.857. The molecule has 1 nitrogen and oxygen atoms in total. The van der Waals surface area contributed by atoms with Crippen LogP contribution in [0.4, 0.5) is 0 Å². The molecule has 54 valence electrons. The molecule has 0 saturated carbocycles. The Morgan fingerprint density at radius 1 is 1.22 bits per heavy atom. The SMILES string of the molecule is CC.O=C1CCSCC1. The van der Waals surface area contributed by atoms with Crippen LogP contribution < -0.4 is 0 Å². The summed E-state index contributed by atoms with van der Waals surface area (Å²) in [5.74, 6) is 2.55. The van der Waals surface area contributed by atoms with Gasteiger partial charge in [-0.1, -0.05) is 13.8 Å². The zero-order chi connectivity index (χ0) is 7.11. The molecule has 0 aromatic heterocycles. The average Bonchev–Trinajstić information content (AvgIpc) is 1.94. The van der Waals surface area contributed by atoms with E-state index < -0.39 is 0 Å². The number of carbonyl (C=O) groups is 1. The summed E-state index contributed by atoms with van der Waals surface area (Å²) in [6, 6.07) is 0. The first-order valence-corrected chi connectivity index (χ1v) is 4.64. The highest BCUT2D eigenvalue weighted by molar-refractivity contribution is 7.99. The summed E-state index contributed by atoms with van der Waals surface area (Å²) < 4.78 is 0. The van der Waals surface area contributed by atoms with Gasteiger partial charge in [-0.2, -0.15) is 11.8 Å². The van der Waals surface area contributed by atoms with E-state index in [0.717, 1.165) is 24.3 Å². The Hall–Kier alpha value is 0.0200. The quantitative estimate of drug-likeness (QED) is 0.520. The molecule has 0 radical (unpaired) electrons. The number of Topliss-reactive ketones (excluding diaryl/α,β-unsaturated/α-hetero) is 1. The van der Waals surface area contributed by atoms with Crippen molar-refractivity contribution >= 4 is 17.5 Å². The van der Waals surface area contributed by atoms with Crippen LogP contribution in [0.3, 0.4) is 0 Å². The fourth-order valence-corrected chi connectivity index (χ4v) is 1.55. The van der Waals surface area contributed by atoms with Crippen LogP contribution >= 0.6 is 11.8 Å². The van der Waals surface area contributed by atoms with Crippen LogP contribution in [-0.4, -0.2) is 17.3 Å². The Bertz CT molecular complexity index is 73.0. The maximum Gasteiger partial charge on any atom is 0.134 e. The van der Waals surface area contributed by atoms with Gasteiger partial charge in [0.05, 0.1) is 0 Å². The van der Waals surface area contributed by atoms with Crippen molar-refractivity contribution < 1.29 is 4.79 Å². The Morgan fingerprint density at radius 2 is 1.67 bits per heavy atom. The van der Waals surface area contributed by atoms with Crippen LogP contribution in [0.1, 0.15) is 26.7 Å². The Labute approximate surface area is 61.2 Å². The molecule has 0 aromatic rings. The molecule has 0 aliphatic carbocycles. The van der Waals surface area contributed by atoms with E-state index in [1.165, 1.54) is 0 Å². The third-order valence-corrected chi connectivity index (χ3v) is 2.04. The molecule has 1 fully saturated rings. The second-order valence-electron chi connectivity index (χ2n) is 1.65. The summed E-state index contributed by atoms with van der Waals surface area (Å²) in [5.41, 5.74) is 0. The second-order valence-corrected chi connectivity index (χ2v) is 2.88. The van der Waals surface area contributed by atoms with Crippen LogP contribution in [0, 0.1) is 0 Å². The number of hydrogen-bond acceptors (Lipinski definition) is 2. The summed E-state index contributed by atoms with van der Waals surface area (Å²) >= 11 is 1.88. The minimum atomic E-state index is 0.443. The van der Waals surface area contributed by atoms with Gasteiger partial charge in [-0.05, 0) is 0 Å². The highest BCUT2D eigenvalue weighted by atomic mass is 32.2. The molecular formula is C7H14OS. The topological polar surface area (TPSA) is 17.1 Å². The van der Waals surface area contributed by atoms with Gasteiger partial charge in [0.25, 0.3) is 0 Å². The van der Waals surface area contributed by atoms with Crippen molar-refractivity contribution in [2.75, 3.05) is 11.5 Å². The molecular weight excluding hydrogens is 132 g/mol. The van der Waals surface area contributed by atoms with E-state index in [0.29, 0.717) is 5.78 Å². The normalized spacial score (nSPS) is 18.2. The van der Waals surface area contributed by atoms with Crippen molar-refractivity contribution in [1.29, 1.82) is 0 Å². The molecule has 0 aromatic carbocycles. The van der Waals surface area contributed by atoms with Gasteiger partial charge in [0.15, 0.2) is 0 Å². The number of thioether (sulfide) groups is 1. The molecule has 9 heavy (non-hydrogen) atoms. The van der Waals surface area contributed by atoms with E-state index in [4.69, 9.17) is 0 Å². The maximum absolute atomic E-state index is 10.4. The van der Waals surface area contributed by atoms with Crippen LogP contribution in [-0.2, 0) is 4.79 Å². The summed E-state index contributed by atoms with van der Waals surface area (Å²) in [6.07, 6.45) is 1.62. The average molecular weight is 146 g/mol. The molecule has 1 saturated heterocycles. The van der Waals surface area contributed by atoms with Crippen molar-refractivity contribution in [3.05, 3.63) is 0 Å². The van der Waals surface area contributed by atoms with Crippen molar-refractivity contribution in [3.8, 4) is 0 Å². The third-order valence-electron chi connectivity index (χ3n) is 1.05. The van der Waals surface area contributed by atoms with Crippen LogP contribution in [0.15, 0.2) is 0 Å². The lowest BCUT2D eigenvalue weighted by molar-refractivity contribution is -0.118. The first-order chi connectivity index (χ1) is 4.39. The minimum Gasteiger partial charge on any atom is -0.300 e. The first kappa shape index (κ1) is 9.02. The summed E-state index contributed by atoms with van der Waals surface area (Å²) in [4.78, 5) is 10.4. The minimum absolute atomic E-state index is 0.443. The third kappa shape index (κ3) is 4.52. The first-order valence-electron chi connectivity index (χ1n) is 3.49. The van der Waals surface area contributed by atoms with Crippen molar-refractivity contribution in [1.82, 2.24) is 0 Å². The van der Waals surface area contributed by atoms with Crippen LogP contribution in [0.5, 0.6) is 0 Å². The summed E-state index contributed by atoms with van der Waals surface area (Å²) in [5, 5.41) is 0. The van der Waals surface area contributed by atoms with Crippen molar-refractivity contribution in [2.24, 2.45) is 0 Å². The molecule has 0 bridgehead atoms. The predicted molar refractivity (Wildman–Crippen MR) is 42.9 cm³/mol. The van der Waals surface area contributed by atoms with Gasteiger partial charge in [-0.15, -0.1) is 0 Å². The molecule has 1 rings (SSSR count).